The third-order valence-corrected chi connectivity index (χ3v) is 5.71. The van der Waals surface area contributed by atoms with E-state index < -0.39 is 5.60 Å². The lowest BCUT2D eigenvalue weighted by atomic mass is 9.85. The second kappa shape index (κ2) is 7.28. The SMILES string of the molecule is CCN1CCC(CNC(=O)[C@@]2(C)CCCCO2)(N(C)C)CC1. The molecule has 0 unspecified atom stereocenters. The van der Waals surface area contributed by atoms with Crippen molar-refractivity contribution >= 4 is 5.91 Å². The van der Waals surface area contributed by atoms with Crippen molar-refractivity contribution in [1.82, 2.24) is 15.1 Å². The fraction of sp³-hybridized carbons (Fsp3) is 0.941. The van der Waals surface area contributed by atoms with Crippen LogP contribution in [0.5, 0.6) is 0 Å². The average Bonchev–Trinajstić information content (AvgIpc) is 2.53. The molecule has 2 saturated heterocycles. The van der Waals surface area contributed by atoms with E-state index in [1.807, 2.05) is 6.92 Å². The van der Waals surface area contributed by atoms with Crippen LogP contribution in [0.25, 0.3) is 0 Å². The first kappa shape index (κ1) is 17.7. The van der Waals surface area contributed by atoms with E-state index in [0.29, 0.717) is 6.61 Å². The molecule has 0 aromatic heterocycles. The van der Waals surface area contributed by atoms with E-state index in [9.17, 15) is 4.79 Å². The maximum absolute atomic E-state index is 12.6. The van der Waals surface area contributed by atoms with Gasteiger partial charge in [0.15, 0.2) is 0 Å². The quantitative estimate of drug-likeness (QED) is 0.835. The molecule has 5 nitrogen and oxygen atoms in total. The van der Waals surface area contributed by atoms with Crippen LogP contribution in [0, 0.1) is 0 Å². The maximum atomic E-state index is 12.6. The van der Waals surface area contributed by atoms with Gasteiger partial charge >= 0.3 is 0 Å². The Balaban J connectivity index is 1.93. The number of hydrogen-bond donors (Lipinski definition) is 1. The zero-order chi connectivity index (χ0) is 16.2. The monoisotopic (exact) mass is 311 g/mol. The number of carbonyl (C=O) groups is 1. The number of nitrogens with one attached hydrogen (secondary N) is 1. The molecular weight excluding hydrogens is 278 g/mol. The third-order valence-electron chi connectivity index (χ3n) is 5.71. The van der Waals surface area contributed by atoms with Gasteiger partial charge in [0.05, 0.1) is 0 Å². The van der Waals surface area contributed by atoms with Crippen molar-refractivity contribution in [2.75, 3.05) is 46.9 Å². The zero-order valence-electron chi connectivity index (χ0n) is 14.8. The van der Waals surface area contributed by atoms with Crippen LogP contribution in [0.4, 0.5) is 0 Å². The predicted octanol–water partition coefficient (Wildman–Crippen LogP) is 1.48. The van der Waals surface area contributed by atoms with Gasteiger partial charge in [-0.2, -0.15) is 0 Å². The van der Waals surface area contributed by atoms with Crippen molar-refractivity contribution < 1.29 is 9.53 Å². The van der Waals surface area contributed by atoms with Crippen molar-refractivity contribution in [3.05, 3.63) is 0 Å². The van der Waals surface area contributed by atoms with Gasteiger partial charge in [0.25, 0.3) is 5.91 Å². The average molecular weight is 311 g/mol. The second-order valence-corrected chi connectivity index (χ2v) is 7.27. The van der Waals surface area contributed by atoms with Crippen molar-refractivity contribution in [2.24, 2.45) is 0 Å². The van der Waals surface area contributed by atoms with Crippen LogP contribution in [-0.2, 0) is 9.53 Å². The molecule has 5 heteroatoms. The van der Waals surface area contributed by atoms with Gasteiger partial charge in [-0.15, -0.1) is 0 Å². The summed E-state index contributed by atoms with van der Waals surface area (Å²) >= 11 is 0. The molecule has 1 N–H and O–H groups in total. The number of hydrogen-bond acceptors (Lipinski definition) is 4. The highest BCUT2D eigenvalue weighted by molar-refractivity contribution is 5.84. The lowest BCUT2D eigenvalue weighted by Gasteiger charge is -2.46. The lowest BCUT2D eigenvalue weighted by molar-refractivity contribution is -0.151. The van der Waals surface area contributed by atoms with Gasteiger partial charge in [0, 0.05) is 18.7 Å². The lowest BCUT2D eigenvalue weighted by Crippen LogP contribution is -2.60. The molecule has 2 heterocycles. The molecule has 128 valence electrons. The molecule has 0 bridgehead atoms. The van der Waals surface area contributed by atoms with Crippen LogP contribution in [0.15, 0.2) is 0 Å². The second-order valence-electron chi connectivity index (χ2n) is 7.27. The maximum Gasteiger partial charge on any atom is 0.252 e. The Labute approximate surface area is 135 Å². The molecule has 2 rings (SSSR count). The fourth-order valence-electron chi connectivity index (χ4n) is 3.61. The molecule has 2 fully saturated rings. The first-order valence-electron chi connectivity index (χ1n) is 8.74. The Morgan fingerprint density at radius 1 is 1.23 bits per heavy atom. The Morgan fingerprint density at radius 3 is 2.41 bits per heavy atom. The van der Waals surface area contributed by atoms with E-state index in [2.05, 4.69) is 36.1 Å². The summed E-state index contributed by atoms with van der Waals surface area (Å²) < 4.78 is 5.76. The molecule has 0 aromatic rings. The van der Waals surface area contributed by atoms with Gasteiger partial charge in [-0.3, -0.25) is 4.79 Å². The number of likely N-dealkylation sites (tertiary alicyclic amines) is 1. The summed E-state index contributed by atoms with van der Waals surface area (Å²) in [4.78, 5) is 17.4. The molecule has 2 aliphatic rings. The Morgan fingerprint density at radius 2 is 1.91 bits per heavy atom. The van der Waals surface area contributed by atoms with Crippen LogP contribution in [0.1, 0.15) is 46.0 Å². The number of nitrogens with zero attached hydrogens (tertiary/aromatic N) is 2. The van der Waals surface area contributed by atoms with E-state index in [1.54, 1.807) is 0 Å². The molecule has 1 atom stereocenters. The standard InChI is InChI=1S/C17H33N3O2/c1-5-20-11-9-17(10-12-20,19(3)4)14-18-15(21)16(2)8-6-7-13-22-16/h5-14H2,1-4H3,(H,18,21)/t16-/m1/s1. The van der Waals surface area contributed by atoms with Gasteiger partial charge in [0.2, 0.25) is 0 Å². The van der Waals surface area contributed by atoms with Gasteiger partial charge < -0.3 is 19.9 Å². The summed E-state index contributed by atoms with van der Waals surface area (Å²) in [6.07, 6.45) is 5.18. The first-order valence-corrected chi connectivity index (χ1v) is 8.74. The van der Waals surface area contributed by atoms with Crippen molar-refractivity contribution in [3.63, 3.8) is 0 Å². The number of rotatable bonds is 5. The molecule has 0 saturated carbocycles. The summed E-state index contributed by atoms with van der Waals surface area (Å²) in [5.41, 5.74) is -0.553. The van der Waals surface area contributed by atoms with Crippen molar-refractivity contribution in [1.29, 1.82) is 0 Å². The van der Waals surface area contributed by atoms with Gasteiger partial charge in [-0.25, -0.2) is 0 Å². The van der Waals surface area contributed by atoms with E-state index in [0.717, 1.165) is 58.3 Å². The van der Waals surface area contributed by atoms with Crippen LogP contribution in [0.2, 0.25) is 0 Å². The number of ether oxygens (including phenoxy) is 1. The van der Waals surface area contributed by atoms with Crippen LogP contribution < -0.4 is 5.32 Å². The van der Waals surface area contributed by atoms with E-state index in [-0.39, 0.29) is 11.4 Å². The molecule has 1 amide bonds. The number of piperidine rings is 1. The summed E-state index contributed by atoms with van der Waals surface area (Å²) in [6, 6.07) is 0. The number of amides is 1. The molecule has 2 aliphatic heterocycles. The number of carbonyl (C=O) groups excluding carboxylic acids is 1. The molecule has 0 radical (unpaired) electrons. The summed E-state index contributed by atoms with van der Waals surface area (Å²) in [5.74, 6) is 0.0614. The topological polar surface area (TPSA) is 44.8 Å². The molecule has 22 heavy (non-hydrogen) atoms. The van der Waals surface area contributed by atoms with Gasteiger partial charge in [-0.1, -0.05) is 6.92 Å². The number of likely N-dealkylation sites (N-methyl/N-ethyl adjacent to an activating group) is 1. The Kier molecular flexibility index (Phi) is 5.86. The molecule has 0 aliphatic carbocycles. The summed E-state index contributed by atoms with van der Waals surface area (Å²) in [6.45, 7) is 8.90. The van der Waals surface area contributed by atoms with Crippen molar-refractivity contribution in [2.45, 2.75) is 57.1 Å². The largest absolute Gasteiger partial charge is 0.365 e. The van der Waals surface area contributed by atoms with Crippen LogP contribution in [0.3, 0.4) is 0 Å². The van der Waals surface area contributed by atoms with Crippen LogP contribution in [-0.4, -0.2) is 73.7 Å². The Bertz CT molecular complexity index is 370. The van der Waals surface area contributed by atoms with E-state index >= 15 is 0 Å². The predicted molar refractivity (Wildman–Crippen MR) is 89.0 cm³/mol. The normalized spacial score (nSPS) is 29.5. The van der Waals surface area contributed by atoms with Gasteiger partial charge in [0.1, 0.15) is 5.60 Å². The van der Waals surface area contributed by atoms with Crippen LogP contribution >= 0.6 is 0 Å². The fourth-order valence-corrected chi connectivity index (χ4v) is 3.61. The highest BCUT2D eigenvalue weighted by atomic mass is 16.5. The zero-order valence-corrected chi connectivity index (χ0v) is 14.8. The minimum Gasteiger partial charge on any atom is -0.365 e. The third kappa shape index (κ3) is 3.81. The van der Waals surface area contributed by atoms with E-state index in [1.165, 1.54) is 0 Å². The highest BCUT2D eigenvalue weighted by Crippen LogP contribution is 2.28. The molecule has 0 spiro atoms. The highest BCUT2D eigenvalue weighted by Gasteiger charge is 2.40. The minimum absolute atomic E-state index is 0.0614. The smallest absolute Gasteiger partial charge is 0.252 e. The van der Waals surface area contributed by atoms with E-state index in [4.69, 9.17) is 4.74 Å². The molecular formula is C17H33N3O2. The first-order chi connectivity index (χ1) is 10.4. The summed E-state index contributed by atoms with van der Waals surface area (Å²) in [5, 5.41) is 3.19. The Hall–Kier alpha value is -0.650. The summed E-state index contributed by atoms with van der Waals surface area (Å²) in [7, 11) is 4.26. The van der Waals surface area contributed by atoms with Gasteiger partial charge in [-0.05, 0) is 72.8 Å². The minimum atomic E-state index is -0.629. The van der Waals surface area contributed by atoms with Crippen molar-refractivity contribution in [3.8, 4) is 0 Å². The molecule has 0 aromatic carbocycles.